The fourth-order valence-corrected chi connectivity index (χ4v) is 4.78. The summed E-state index contributed by atoms with van der Waals surface area (Å²) in [4.78, 5) is 16.7. The number of sulfonamides is 1. The molecule has 1 N–H and O–H groups in total. The topological polar surface area (TPSA) is 79.4 Å². The summed E-state index contributed by atoms with van der Waals surface area (Å²) in [6, 6.07) is 11.0. The minimum absolute atomic E-state index is 0.121. The molecule has 1 aromatic heterocycles. The van der Waals surface area contributed by atoms with Gasteiger partial charge < -0.3 is 5.32 Å². The number of benzene rings is 2. The molecule has 1 amide bonds. The summed E-state index contributed by atoms with van der Waals surface area (Å²) in [7, 11) is -4.33. The average molecular weight is 482 g/mol. The Morgan fingerprint density at radius 2 is 1.81 bits per heavy atom. The Hall–Kier alpha value is -2.68. The van der Waals surface area contributed by atoms with E-state index in [1.807, 2.05) is 0 Å². The van der Waals surface area contributed by atoms with E-state index in [1.54, 1.807) is 24.5 Å². The SMILES string of the molecule is CC(C(=O)NCc1cccnc1)N(c1cc(Cl)ccc1F)S(=O)(=O)c1ccc(Cl)cc1. The molecule has 2 aromatic carbocycles. The van der Waals surface area contributed by atoms with E-state index in [-0.39, 0.29) is 22.2 Å². The van der Waals surface area contributed by atoms with E-state index in [4.69, 9.17) is 23.2 Å². The number of aromatic nitrogens is 1. The Bertz CT molecular complexity index is 1180. The highest BCUT2D eigenvalue weighted by Crippen LogP contribution is 2.31. The Morgan fingerprint density at radius 3 is 2.45 bits per heavy atom. The van der Waals surface area contributed by atoms with Crippen LogP contribution in [0.25, 0.3) is 0 Å². The summed E-state index contributed by atoms with van der Waals surface area (Å²) in [5, 5.41) is 3.11. The molecule has 0 fully saturated rings. The number of carbonyl (C=O) groups excluding carboxylic acids is 1. The lowest BCUT2D eigenvalue weighted by Gasteiger charge is -2.30. The molecule has 0 saturated carbocycles. The van der Waals surface area contributed by atoms with Crippen LogP contribution in [0, 0.1) is 5.82 Å². The Morgan fingerprint density at radius 1 is 1.13 bits per heavy atom. The second-order valence-corrected chi connectivity index (χ2v) is 9.29. The first-order valence-electron chi connectivity index (χ1n) is 9.12. The van der Waals surface area contributed by atoms with Crippen molar-refractivity contribution >= 4 is 44.8 Å². The van der Waals surface area contributed by atoms with Crippen molar-refractivity contribution in [3.8, 4) is 0 Å². The number of amides is 1. The maximum absolute atomic E-state index is 14.7. The van der Waals surface area contributed by atoms with Crippen LogP contribution in [-0.4, -0.2) is 25.4 Å². The highest BCUT2D eigenvalue weighted by atomic mass is 35.5. The lowest BCUT2D eigenvalue weighted by molar-refractivity contribution is -0.122. The first-order valence-corrected chi connectivity index (χ1v) is 11.3. The molecule has 0 radical (unpaired) electrons. The van der Waals surface area contributed by atoms with E-state index in [1.165, 1.54) is 37.3 Å². The number of nitrogens with one attached hydrogen (secondary N) is 1. The molecule has 1 heterocycles. The Kier molecular flexibility index (Phi) is 7.15. The first kappa shape index (κ1) is 23.0. The molecule has 31 heavy (non-hydrogen) atoms. The summed E-state index contributed by atoms with van der Waals surface area (Å²) in [6.45, 7) is 1.50. The molecular weight excluding hydrogens is 464 g/mol. The molecule has 0 bridgehead atoms. The van der Waals surface area contributed by atoms with Gasteiger partial charge in [0.15, 0.2) is 0 Å². The third-order valence-corrected chi connectivity index (χ3v) is 6.82. The van der Waals surface area contributed by atoms with Crippen LogP contribution in [0.1, 0.15) is 12.5 Å². The second-order valence-electron chi connectivity index (χ2n) is 6.61. The number of anilines is 1. The van der Waals surface area contributed by atoms with Gasteiger partial charge in [-0.2, -0.15) is 0 Å². The fraction of sp³-hybridized carbons (Fsp3) is 0.143. The van der Waals surface area contributed by atoms with Crippen LogP contribution < -0.4 is 9.62 Å². The van der Waals surface area contributed by atoms with Crippen molar-refractivity contribution in [2.45, 2.75) is 24.4 Å². The van der Waals surface area contributed by atoms with Crippen LogP contribution in [0.4, 0.5) is 10.1 Å². The van der Waals surface area contributed by atoms with Crippen LogP contribution >= 0.6 is 23.2 Å². The summed E-state index contributed by atoms with van der Waals surface area (Å²) in [5.74, 6) is -1.46. The maximum atomic E-state index is 14.7. The number of rotatable bonds is 7. The predicted octanol–water partition coefficient (Wildman–Crippen LogP) is 4.43. The summed E-state index contributed by atoms with van der Waals surface area (Å²) >= 11 is 11.9. The molecule has 0 saturated heterocycles. The van der Waals surface area contributed by atoms with Crippen LogP contribution in [0.3, 0.4) is 0 Å². The lowest BCUT2D eigenvalue weighted by atomic mass is 10.2. The van der Waals surface area contributed by atoms with Crippen molar-refractivity contribution in [2.75, 3.05) is 4.31 Å². The number of hydrogen-bond donors (Lipinski definition) is 1. The summed E-state index contributed by atoms with van der Waals surface area (Å²) < 4.78 is 42.2. The number of halogens is 3. The largest absolute Gasteiger partial charge is 0.350 e. The van der Waals surface area contributed by atoms with E-state index >= 15 is 0 Å². The molecule has 10 heteroatoms. The van der Waals surface area contributed by atoms with Crippen LogP contribution in [0.15, 0.2) is 71.9 Å². The zero-order chi connectivity index (χ0) is 22.6. The van der Waals surface area contributed by atoms with Crippen molar-refractivity contribution in [1.82, 2.24) is 10.3 Å². The van der Waals surface area contributed by atoms with Gasteiger partial charge in [-0.25, -0.2) is 12.8 Å². The number of pyridine rings is 1. The number of hydrogen-bond acceptors (Lipinski definition) is 4. The molecule has 162 valence electrons. The van der Waals surface area contributed by atoms with Crippen LogP contribution in [0.5, 0.6) is 0 Å². The van der Waals surface area contributed by atoms with E-state index in [2.05, 4.69) is 10.3 Å². The Balaban J connectivity index is 2.00. The minimum Gasteiger partial charge on any atom is -0.350 e. The van der Waals surface area contributed by atoms with Crippen molar-refractivity contribution in [2.24, 2.45) is 0 Å². The normalized spacial score (nSPS) is 12.3. The summed E-state index contributed by atoms with van der Waals surface area (Å²) in [6.07, 6.45) is 3.17. The third kappa shape index (κ3) is 5.33. The predicted molar refractivity (Wildman–Crippen MR) is 118 cm³/mol. The maximum Gasteiger partial charge on any atom is 0.265 e. The van der Waals surface area contributed by atoms with Gasteiger partial charge in [-0.1, -0.05) is 29.3 Å². The Labute approximate surface area is 189 Å². The zero-order valence-electron chi connectivity index (χ0n) is 16.3. The van der Waals surface area contributed by atoms with E-state index < -0.39 is 27.8 Å². The lowest BCUT2D eigenvalue weighted by Crippen LogP contribution is -2.48. The van der Waals surface area contributed by atoms with Gasteiger partial charge in [0, 0.05) is 29.0 Å². The van der Waals surface area contributed by atoms with Crippen molar-refractivity contribution in [3.63, 3.8) is 0 Å². The monoisotopic (exact) mass is 481 g/mol. The smallest absolute Gasteiger partial charge is 0.265 e. The molecule has 0 aliphatic heterocycles. The standard InChI is InChI=1S/C21H18Cl2FN3O3S/c1-14(21(28)26-13-15-3-2-10-25-12-15)27(20-11-17(23)6-9-19(20)24)31(29,30)18-7-4-16(22)5-8-18/h2-12,14H,13H2,1H3,(H,26,28). The molecule has 3 rings (SSSR count). The van der Waals surface area contributed by atoms with Gasteiger partial charge in [0.25, 0.3) is 10.0 Å². The first-order chi connectivity index (χ1) is 14.7. The van der Waals surface area contributed by atoms with Gasteiger partial charge >= 0.3 is 0 Å². The second kappa shape index (κ2) is 9.64. The average Bonchev–Trinajstić information content (AvgIpc) is 2.75. The quantitative estimate of drug-likeness (QED) is 0.541. The van der Waals surface area contributed by atoms with E-state index in [9.17, 15) is 17.6 Å². The summed E-state index contributed by atoms with van der Waals surface area (Å²) in [5.41, 5.74) is 0.385. The molecular formula is C21H18Cl2FN3O3S. The van der Waals surface area contributed by atoms with Crippen LogP contribution in [0.2, 0.25) is 10.0 Å². The van der Waals surface area contributed by atoms with Gasteiger partial charge in [0.2, 0.25) is 5.91 Å². The highest BCUT2D eigenvalue weighted by molar-refractivity contribution is 7.93. The molecule has 1 atom stereocenters. The molecule has 0 spiro atoms. The third-order valence-electron chi connectivity index (χ3n) is 4.44. The molecule has 0 aliphatic carbocycles. The molecule has 6 nitrogen and oxygen atoms in total. The van der Waals surface area contributed by atoms with Gasteiger partial charge in [0.05, 0.1) is 10.6 Å². The fourth-order valence-electron chi connectivity index (χ4n) is 2.87. The van der Waals surface area contributed by atoms with E-state index in [0.29, 0.717) is 5.02 Å². The van der Waals surface area contributed by atoms with Gasteiger partial charge in [-0.15, -0.1) is 0 Å². The van der Waals surface area contributed by atoms with Crippen molar-refractivity contribution < 1.29 is 17.6 Å². The van der Waals surface area contributed by atoms with Crippen molar-refractivity contribution in [3.05, 3.63) is 88.4 Å². The van der Waals surface area contributed by atoms with Crippen molar-refractivity contribution in [1.29, 1.82) is 0 Å². The van der Waals surface area contributed by atoms with E-state index in [0.717, 1.165) is 22.0 Å². The molecule has 0 aliphatic rings. The molecule has 1 unspecified atom stereocenters. The number of nitrogens with zero attached hydrogens (tertiary/aromatic N) is 2. The zero-order valence-corrected chi connectivity index (χ0v) is 18.6. The van der Waals surface area contributed by atoms with Crippen LogP contribution in [-0.2, 0) is 21.4 Å². The van der Waals surface area contributed by atoms with Gasteiger partial charge in [0.1, 0.15) is 11.9 Å². The van der Waals surface area contributed by atoms with Gasteiger partial charge in [-0.05, 0) is 61.0 Å². The number of carbonyl (C=O) groups is 1. The highest BCUT2D eigenvalue weighted by Gasteiger charge is 2.35. The van der Waals surface area contributed by atoms with Gasteiger partial charge in [-0.3, -0.25) is 14.1 Å². The molecule has 3 aromatic rings. The minimum atomic E-state index is -4.33.